The number of carbonyl (C=O) groups is 1. The summed E-state index contributed by atoms with van der Waals surface area (Å²) in [6.45, 7) is 7.32. The summed E-state index contributed by atoms with van der Waals surface area (Å²) in [6.07, 6.45) is 10.5. The molecule has 0 saturated carbocycles. The molecule has 1 aliphatic heterocycles. The smallest absolute Gasteiger partial charge is 0.274 e. The van der Waals surface area contributed by atoms with Crippen LogP contribution in [0, 0.1) is 0 Å². The molecule has 2 aliphatic rings. The second-order valence-corrected chi connectivity index (χ2v) is 7.97. The maximum atomic E-state index is 12.9. The predicted octanol–water partition coefficient (Wildman–Crippen LogP) is 2.51. The molecule has 1 aliphatic carbocycles. The summed E-state index contributed by atoms with van der Waals surface area (Å²) in [5.41, 5.74) is 3.10. The van der Waals surface area contributed by atoms with Crippen molar-refractivity contribution in [3.63, 3.8) is 0 Å². The average molecular weight is 363 g/mol. The van der Waals surface area contributed by atoms with E-state index < -0.39 is 0 Å². The van der Waals surface area contributed by atoms with Crippen molar-refractivity contribution in [2.75, 3.05) is 31.6 Å². The van der Waals surface area contributed by atoms with Crippen LogP contribution in [0.3, 0.4) is 0 Å². The van der Waals surface area contributed by atoms with Gasteiger partial charge in [0.2, 0.25) is 0 Å². The largest absolute Gasteiger partial charge is 0.337 e. The molecule has 0 radical (unpaired) electrons. The van der Waals surface area contributed by atoms with Gasteiger partial charge in [-0.25, -0.2) is 0 Å². The SMILES string of the molecule is C=CCn1nc(C(=O)N2CCCC2)c2c1CC[C@@H](NCCCSC)C2. The number of fused-ring (bicyclic) bond motifs is 1. The van der Waals surface area contributed by atoms with Gasteiger partial charge in [0.25, 0.3) is 5.91 Å². The Labute approximate surface area is 155 Å². The zero-order chi connectivity index (χ0) is 17.6. The molecular weight excluding hydrogens is 332 g/mol. The topological polar surface area (TPSA) is 50.2 Å². The highest BCUT2D eigenvalue weighted by Gasteiger charge is 2.31. The molecule has 1 saturated heterocycles. The molecular formula is C19H30N4OS. The molecule has 25 heavy (non-hydrogen) atoms. The van der Waals surface area contributed by atoms with Crippen LogP contribution in [0.15, 0.2) is 12.7 Å². The van der Waals surface area contributed by atoms with Crippen molar-refractivity contribution in [3.8, 4) is 0 Å². The molecule has 6 heteroatoms. The highest BCUT2D eigenvalue weighted by molar-refractivity contribution is 7.98. The van der Waals surface area contributed by atoms with E-state index in [0.717, 1.165) is 51.7 Å². The van der Waals surface area contributed by atoms with E-state index in [0.29, 0.717) is 18.3 Å². The molecule has 138 valence electrons. The van der Waals surface area contributed by atoms with Crippen molar-refractivity contribution in [1.29, 1.82) is 0 Å². The highest BCUT2D eigenvalue weighted by atomic mass is 32.2. The number of allylic oxidation sites excluding steroid dienone is 1. The molecule has 0 spiro atoms. The molecule has 0 aromatic carbocycles. The number of amides is 1. The van der Waals surface area contributed by atoms with E-state index in [1.165, 1.54) is 23.4 Å². The van der Waals surface area contributed by atoms with Gasteiger partial charge < -0.3 is 10.2 Å². The van der Waals surface area contributed by atoms with Gasteiger partial charge in [0.1, 0.15) is 0 Å². The van der Waals surface area contributed by atoms with Crippen molar-refractivity contribution in [2.45, 2.75) is 51.1 Å². The van der Waals surface area contributed by atoms with Crippen molar-refractivity contribution in [3.05, 3.63) is 29.6 Å². The van der Waals surface area contributed by atoms with Crippen LogP contribution in [0.5, 0.6) is 0 Å². The summed E-state index contributed by atoms with van der Waals surface area (Å²) >= 11 is 1.89. The summed E-state index contributed by atoms with van der Waals surface area (Å²) in [5.74, 6) is 1.32. The van der Waals surface area contributed by atoms with Gasteiger partial charge in [-0.1, -0.05) is 6.08 Å². The van der Waals surface area contributed by atoms with E-state index in [2.05, 4.69) is 18.2 Å². The van der Waals surface area contributed by atoms with Crippen molar-refractivity contribution < 1.29 is 4.79 Å². The average Bonchev–Trinajstić information content (AvgIpc) is 3.27. The molecule has 1 N–H and O–H groups in total. The number of thioether (sulfide) groups is 1. The van der Waals surface area contributed by atoms with Crippen LogP contribution in [0.4, 0.5) is 0 Å². The Bertz CT molecular complexity index is 607. The van der Waals surface area contributed by atoms with E-state index in [9.17, 15) is 4.79 Å². The lowest BCUT2D eigenvalue weighted by molar-refractivity contribution is 0.0785. The van der Waals surface area contributed by atoms with Crippen LogP contribution in [0.25, 0.3) is 0 Å². The normalized spacial score (nSPS) is 19.9. The molecule has 1 amide bonds. The van der Waals surface area contributed by atoms with Gasteiger partial charge in [0.15, 0.2) is 5.69 Å². The minimum Gasteiger partial charge on any atom is -0.337 e. The van der Waals surface area contributed by atoms with Crippen LogP contribution in [-0.2, 0) is 19.4 Å². The summed E-state index contributed by atoms with van der Waals surface area (Å²) in [6, 6.07) is 0.459. The second-order valence-electron chi connectivity index (χ2n) is 6.98. The van der Waals surface area contributed by atoms with E-state index in [1.807, 2.05) is 27.4 Å². The quantitative estimate of drug-likeness (QED) is 0.570. The Morgan fingerprint density at radius 3 is 2.96 bits per heavy atom. The monoisotopic (exact) mass is 362 g/mol. The maximum absolute atomic E-state index is 12.9. The van der Waals surface area contributed by atoms with Gasteiger partial charge in [-0.05, 0) is 57.1 Å². The number of carbonyl (C=O) groups excluding carboxylic acids is 1. The number of rotatable bonds is 8. The van der Waals surface area contributed by atoms with Crippen molar-refractivity contribution >= 4 is 17.7 Å². The Balaban J connectivity index is 1.75. The summed E-state index contributed by atoms with van der Waals surface area (Å²) in [4.78, 5) is 14.9. The minimum atomic E-state index is 0.125. The fourth-order valence-electron chi connectivity index (χ4n) is 3.90. The van der Waals surface area contributed by atoms with Gasteiger partial charge in [-0.2, -0.15) is 16.9 Å². The minimum absolute atomic E-state index is 0.125. The Morgan fingerprint density at radius 2 is 2.24 bits per heavy atom. The lowest BCUT2D eigenvalue weighted by Gasteiger charge is -2.25. The van der Waals surface area contributed by atoms with Crippen LogP contribution in [0.1, 0.15) is 47.4 Å². The number of nitrogens with one attached hydrogen (secondary N) is 1. The van der Waals surface area contributed by atoms with Gasteiger partial charge in [-0.15, -0.1) is 6.58 Å². The zero-order valence-electron chi connectivity index (χ0n) is 15.3. The first kappa shape index (κ1) is 18.5. The van der Waals surface area contributed by atoms with Crippen LogP contribution in [-0.4, -0.2) is 58.3 Å². The van der Waals surface area contributed by atoms with E-state index in [-0.39, 0.29) is 5.91 Å². The Morgan fingerprint density at radius 1 is 1.44 bits per heavy atom. The molecule has 1 aromatic rings. The zero-order valence-corrected chi connectivity index (χ0v) is 16.1. The second kappa shape index (κ2) is 8.90. The fraction of sp³-hybridized carbons (Fsp3) is 0.684. The molecule has 0 unspecified atom stereocenters. The number of likely N-dealkylation sites (tertiary alicyclic amines) is 1. The highest BCUT2D eigenvalue weighted by Crippen LogP contribution is 2.27. The first-order valence-electron chi connectivity index (χ1n) is 9.45. The lowest BCUT2D eigenvalue weighted by atomic mass is 9.91. The van der Waals surface area contributed by atoms with Crippen LogP contribution < -0.4 is 5.32 Å². The Kier molecular flexibility index (Phi) is 6.59. The third-order valence-corrected chi connectivity index (χ3v) is 5.90. The Hall–Kier alpha value is -1.27. The molecule has 2 heterocycles. The molecule has 1 atom stereocenters. The predicted molar refractivity (Wildman–Crippen MR) is 104 cm³/mol. The standard InChI is InChI=1S/C19H30N4OS/c1-3-10-23-17-8-7-15(20-9-6-13-25-2)14-16(17)18(21-23)19(24)22-11-4-5-12-22/h3,15,20H,1,4-14H2,2H3/t15-/m1/s1. The van der Waals surface area contributed by atoms with Gasteiger partial charge in [0, 0.05) is 30.4 Å². The number of nitrogens with zero attached hydrogens (tertiary/aromatic N) is 3. The third kappa shape index (κ3) is 4.29. The van der Waals surface area contributed by atoms with Gasteiger partial charge >= 0.3 is 0 Å². The molecule has 0 bridgehead atoms. The number of hydrogen-bond donors (Lipinski definition) is 1. The molecule has 3 rings (SSSR count). The van der Waals surface area contributed by atoms with Crippen molar-refractivity contribution in [1.82, 2.24) is 20.0 Å². The number of hydrogen-bond acceptors (Lipinski definition) is 4. The van der Waals surface area contributed by atoms with Crippen LogP contribution in [0.2, 0.25) is 0 Å². The molecule has 1 aromatic heterocycles. The number of aromatic nitrogens is 2. The summed E-state index contributed by atoms with van der Waals surface area (Å²) in [5, 5.41) is 8.37. The van der Waals surface area contributed by atoms with E-state index in [1.54, 1.807) is 0 Å². The first-order valence-corrected chi connectivity index (χ1v) is 10.8. The van der Waals surface area contributed by atoms with Crippen molar-refractivity contribution in [2.24, 2.45) is 0 Å². The summed E-state index contributed by atoms with van der Waals surface area (Å²) in [7, 11) is 0. The fourth-order valence-corrected chi connectivity index (χ4v) is 4.33. The lowest BCUT2D eigenvalue weighted by Crippen LogP contribution is -2.36. The van der Waals surface area contributed by atoms with Gasteiger partial charge in [0.05, 0.1) is 6.54 Å². The van der Waals surface area contributed by atoms with E-state index >= 15 is 0 Å². The third-order valence-electron chi connectivity index (χ3n) is 5.20. The molecule has 5 nitrogen and oxygen atoms in total. The van der Waals surface area contributed by atoms with E-state index in [4.69, 9.17) is 5.10 Å². The maximum Gasteiger partial charge on any atom is 0.274 e. The van der Waals surface area contributed by atoms with Crippen LogP contribution >= 0.6 is 11.8 Å². The first-order chi connectivity index (χ1) is 12.2. The molecule has 1 fully saturated rings. The van der Waals surface area contributed by atoms with Gasteiger partial charge in [-0.3, -0.25) is 9.48 Å². The summed E-state index contributed by atoms with van der Waals surface area (Å²) < 4.78 is 2.00.